The van der Waals surface area contributed by atoms with Gasteiger partial charge in [-0.15, -0.1) is 11.3 Å². The summed E-state index contributed by atoms with van der Waals surface area (Å²) in [5.74, 6) is 0. The van der Waals surface area contributed by atoms with Crippen molar-refractivity contribution >= 4 is 33.0 Å². The van der Waals surface area contributed by atoms with Crippen LogP contribution < -0.4 is 4.72 Å². The summed E-state index contributed by atoms with van der Waals surface area (Å²) in [6, 6.07) is 20.3. The first-order valence-corrected chi connectivity index (χ1v) is 10.6. The van der Waals surface area contributed by atoms with E-state index >= 15 is 0 Å². The van der Waals surface area contributed by atoms with Crippen molar-refractivity contribution in [3.05, 3.63) is 76.6 Å². The first-order chi connectivity index (χ1) is 12.3. The van der Waals surface area contributed by atoms with Crippen LogP contribution in [-0.2, 0) is 15.6 Å². The molecule has 0 unspecified atom stereocenters. The van der Waals surface area contributed by atoms with Crippen LogP contribution in [0.4, 0.5) is 0 Å². The van der Waals surface area contributed by atoms with Crippen LogP contribution >= 0.6 is 22.9 Å². The van der Waals surface area contributed by atoms with Crippen LogP contribution in [0, 0.1) is 0 Å². The quantitative estimate of drug-likeness (QED) is 0.641. The molecule has 0 amide bonds. The summed E-state index contributed by atoms with van der Waals surface area (Å²) in [5.41, 5.74) is 1.39. The average Bonchev–Trinajstić information content (AvgIpc) is 3.09. The Labute approximate surface area is 162 Å². The summed E-state index contributed by atoms with van der Waals surface area (Å²) in [4.78, 5) is 0. The molecule has 0 aliphatic heterocycles. The van der Waals surface area contributed by atoms with Crippen molar-refractivity contribution in [1.29, 1.82) is 0 Å². The highest BCUT2D eigenvalue weighted by Gasteiger charge is 2.27. The molecule has 4 nitrogen and oxygen atoms in total. The van der Waals surface area contributed by atoms with E-state index in [1.807, 2.05) is 42.5 Å². The third kappa shape index (κ3) is 4.34. The van der Waals surface area contributed by atoms with Crippen molar-refractivity contribution in [2.24, 2.45) is 0 Å². The molecule has 0 saturated heterocycles. The average molecular weight is 408 g/mol. The Balaban J connectivity index is 1.74. The third-order valence-corrected chi connectivity index (χ3v) is 7.16. The van der Waals surface area contributed by atoms with Gasteiger partial charge in [-0.1, -0.05) is 66.2 Å². The van der Waals surface area contributed by atoms with Crippen LogP contribution in [0.1, 0.15) is 12.5 Å². The molecule has 0 aliphatic rings. The fourth-order valence-corrected chi connectivity index (χ4v) is 5.16. The molecular formula is C19H18ClNO3S2. The zero-order chi connectivity index (χ0) is 18.8. The second kappa shape index (κ2) is 7.50. The second-order valence-corrected chi connectivity index (χ2v) is 9.81. The predicted octanol–water partition coefficient (Wildman–Crippen LogP) is 4.25. The van der Waals surface area contributed by atoms with E-state index in [1.165, 1.54) is 12.1 Å². The first-order valence-electron chi connectivity index (χ1n) is 7.91. The van der Waals surface area contributed by atoms with E-state index in [4.69, 9.17) is 11.6 Å². The van der Waals surface area contributed by atoms with Crippen molar-refractivity contribution in [3.8, 4) is 11.1 Å². The highest BCUT2D eigenvalue weighted by molar-refractivity contribution is 7.91. The molecular weight excluding hydrogens is 390 g/mol. The van der Waals surface area contributed by atoms with Gasteiger partial charge >= 0.3 is 0 Å². The van der Waals surface area contributed by atoms with E-state index < -0.39 is 15.6 Å². The number of benzene rings is 2. The van der Waals surface area contributed by atoms with E-state index in [0.717, 1.165) is 22.5 Å². The molecule has 0 saturated carbocycles. The Kier molecular flexibility index (Phi) is 5.50. The summed E-state index contributed by atoms with van der Waals surface area (Å²) in [6.07, 6.45) is 0. The minimum atomic E-state index is -3.71. The highest BCUT2D eigenvalue weighted by atomic mass is 35.5. The molecule has 1 heterocycles. The Morgan fingerprint density at radius 3 is 2.19 bits per heavy atom. The summed E-state index contributed by atoms with van der Waals surface area (Å²) >= 11 is 6.77. The molecule has 0 fully saturated rings. The van der Waals surface area contributed by atoms with Gasteiger partial charge in [0.2, 0.25) is 10.0 Å². The van der Waals surface area contributed by atoms with Crippen LogP contribution in [0.2, 0.25) is 4.34 Å². The Morgan fingerprint density at radius 2 is 1.62 bits per heavy atom. The lowest BCUT2D eigenvalue weighted by atomic mass is 9.94. The van der Waals surface area contributed by atoms with Gasteiger partial charge in [0.1, 0.15) is 9.81 Å². The highest BCUT2D eigenvalue weighted by Crippen LogP contribution is 2.27. The molecule has 26 heavy (non-hydrogen) atoms. The first kappa shape index (κ1) is 19.1. The maximum atomic E-state index is 12.3. The van der Waals surface area contributed by atoms with E-state index in [0.29, 0.717) is 9.90 Å². The molecule has 0 bridgehead atoms. The smallest absolute Gasteiger partial charge is 0.250 e. The van der Waals surface area contributed by atoms with Gasteiger partial charge in [-0.05, 0) is 35.7 Å². The molecule has 3 rings (SSSR count). The van der Waals surface area contributed by atoms with E-state index in [-0.39, 0.29) is 10.8 Å². The molecule has 2 aromatic carbocycles. The molecule has 7 heteroatoms. The third-order valence-electron chi connectivity index (χ3n) is 4.03. The van der Waals surface area contributed by atoms with Gasteiger partial charge in [-0.3, -0.25) is 0 Å². The Hall–Kier alpha value is -1.70. The number of nitrogens with one attached hydrogen (secondary N) is 1. The molecule has 1 atom stereocenters. The van der Waals surface area contributed by atoms with Crippen LogP contribution in [0.5, 0.6) is 0 Å². The van der Waals surface area contributed by atoms with Crippen LogP contribution in [0.3, 0.4) is 0 Å². The van der Waals surface area contributed by atoms with Gasteiger partial charge in [0, 0.05) is 6.54 Å². The summed E-state index contributed by atoms with van der Waals surface area (Å²) in [6.45, 7) is 1.43. The number of halogens is 1. The lowest BCUT2D eigenvalue weighted by Gasteiger charge is -2.24. The number of thiophene rings is 1. The lowest BCUT2D eigenvalue weighted by Crippen LogP contribution is -2.38. The largest absolute Gasteiger partial charge is 0.384 e. The maximum absolute atomic E-state index is 12.3. The van der Waals surface area contributed by atoms with Crippen molar-refractivity contribution in [1.82, 2.24) is 4.72 Å². The van der Waals surface area contributed by atoms with Gasteiger partial charge < -0.3 is 5.11 Å². The normalized spacial score (nSPS) is 14.1. The molecule has 2 N–H and O–H groups in total. The predicted molar refractivity (Wildman–Crippen MR) is 106 cm³/mol. The van der Waals surface area contributed by atoms with Gasteiger partial charge in [0.05, 0.1) is 4.34 Å². The molecule has 3 aromatic rings. The van der Waals surface area contributed by atoms with Crippen molar-refractivity contribution in [2.45, 2.75) is 16.7 Å². The minimum Gasteiger partial charge on any atom is -0.384 e. The summed E-state index contributed by atoms with van der Waals surface area (Å²) in [5, 5.41) is 10.7. The number of aliphatic hydroxyl groups is 1. The minimum absolute atomic E-state index is 0.123. The van der Waals surface area contributed by atoms with Crippen molar-refractivity contribution < 1.29 is 13.5 Å². The molecule has 0 radical (unpaired) electrons. The van der Waals surface area contributed by atoms with E-state index in [1.54, 1.807) is 19.1 Å². The van der Waals surface area contributed by atoms with Gasteiger partial charge in [0.15, 0.2) is 0 Å². The number of hydrogen-bond donors (Lipinski definition) is 2. The second-order valence-electron chi connectivity index (χ2n) is 6.10. The fraction of sp³-hybridized carbons (Fsp3) is 0.158. The topological polar surface area (TPSA) is 66.4 Å². The maximum Gasteiger partial charge on any atom is 0.250 e. The Bertz CT molecular complexity index is 981. The zero-order valence-corrected chi connectivity index (χ0v) is 16.4. The van der Waals surface area contributed by atoms with Crippen molar-refractivity contribution in [3.63, 3.8) is 0 Å². The zero-order valence-electron chi connectivity index (χ0n) is 14.0. The monoisotopic (exact) mass is 407 g/mol. The molecule has 0 aliphatic carbocycles. The van der Waals surface area contributed by atoms with Crippen molar-refractivity contribution in [2.75, 3.05) is 6.54 Å². The number of rotatable bonds is 6. The summed E-state index contributed by atoms with van der Waals surface area (Å²) in [7, 11) is -3.71. The molecule has 0 spiro atoms. The fourth-order valence-electron chi connectivity index (χ4n) is 2.50. The number of hydrogen-bond acceptors (Lipinski definition) is 4. The standard InChI is InChI=1S/C19H18ClNO3S2/c1-19(22,13-21-26(23,24)18-12-11-17(20)25-18)16-9-7-15(8-10-16)14-5-3-2-4-6-14/h2-12,21-22H,13H2,1H3/t19-/m0/s1. The van der Waals surface area contributed by atoms with E-state index in [9.17, 15) is 13.5 Å². The number of sulfonamides is 1. The van der Waals surface area contributed by atoms with Gasteiger partial charge in [-0.25, -0.2) is 13.1 Å². The lowest BCUT2D eigenvalue weighted by molar-refractivity contribution is 0.0628. The van der Waals surface area contributed by atoms with Crippen LogP contribution in [-0.4, -0.2) is 20.1 Å². The molecule has 136 valence electrons. The Morgan fingerprint density at radius 1 is 1.00 bits per heavy atom. The van der Waals surface area contributed by atoms with Gasteiger partial charge in [0.25, 0.3) is 0 Å². The molecule has 1 aromatic heterocycles. The van der Waals surface area contributed by atoms with Crippen LogP contribution in [0.25, 0.3) is 11.1 Å². The van der Waals surface area contributed by atoms with Crippen LogP contribution in [0.15, 0.2) is 70.9 Å². The summed E-state index contributed by atoms with van der Waals surface area (Å²) < 4.78 is 27.6. The van der Waals surface area contributed by atoms with E-state index in [2.05, 4.69) is 4.72 Å². The SMILES string of the molecule is C[C@](O)(CNS(=O)(=O)c1ccc(Cl)s1)c1ccc(-c2ccccc2)cc1. The van der Waals surface area contributed by atoms with Gasteiger partial charge in [-0.2, -0.15) is 0 Å².